The Labute approximate surface area is 143 Å². The number of nitrogens with two attached hydrogens (primary N) is 1. The van der Waals surface area contributed by atoms with Gasteiger partial charge in [-0.1, -0.05) is 12.1 Å². The molecule has 7 heteroatoms. The van der Waals surface area contributed by atoms with Gasteiger partial charge in [-0.2, -0.15) is 13.2 Å². The summed E-state index contributed by atoms with van der Waals surface area (Å²) in [6.07, 6.45) is -4.43. The van der Waals surface area contributed by atoms with Crippen LogP contribution in [-0.2, 0) is 17.4 Å². The third kappa shape index (κ3) is 5.70. The molecule has 0 spiro atoms. The number of alkyl halides is 3. The zero-order valence-corrected chi connectivity index (χ0v) is 13.6. The van der Waals surface area contributed by atoms with Crippen LogP contribution < -0.4 is 15.8 Å². The Kier molecular flexibility index (Phi) is 5.90. The quantitative estimate of drug-likeness (QED) is 0.800. The van der Waals surface area contributed by atoms with Gasteiger partial charge in [0, 0.05) is 12.2 Å². The second-order valence-corrected chi connectivity index (χ2v) is 5.56. The third-order valence-electron chi connectivity index (χ3n) is 3.59. The SMILES string of the molecule is CC(Oc1ccc(NCCc2ccc(C(F)(F)F)cc2)cc1)C(N)=O. The van der Waals surface area contributed by atoms with Crippen molar-refractivity contribution in [2.75, 3.05) is 11.9 Å². The fourth-order valence-electron chi connectivity index (χ4n) is 2.13. The van der Waals surface area contributed by atoms with Crippen molar-refractivity contribution >= 4 is 11.6 Å². The molecule has 0 aliphatic carbocycles. The van der Waals surface area contributed by atoms with Crippen LogP contribution in [0.5, 0.6) is 5.75 Å². The van der Waals surface area contributed by atoms with Crippen LogP contribution in [0.1, 0.15) is 18.1 Å². The average Bonchev–Trinajstić information content (AvgIpc) is 2.56. The number of benzene rings is 2. The number of hydrogen-bond acceptors (Lipinski definition) is 3. The molecule has 2 aromatic carbocycles. The number of carbonyl (C=O) groups is 1. The van der Waals surface area contributed by atoms with Gasteiger partial charge < -0.3 is 15.8 Å². The van der Waals surface area contributed by atoms with Gasteiger partial charge in [0.2, 0.25) is 0 Å². The Balaban J connectivity index is 1.82. The van der Waals surface area contributed by atoms with Crippen LogP contribution >= 0.6 is 0 Å². The van der Waals surface area contributed by atoms with E-state index in [-0.39, 0.29) is 0 Å². The average molecular weight is 352 g/mol. The van der Waals surface area contributed by atoms with Crippen molar-refractivity contribution in [3.8, 4) is 5.75 Å². The number of amides is 1. The molecule has 0 fully saturated rings. The van der Waals surface area contributed by atoms with E-state index in [1.165, 1.54) is 12.1 Å². The van der Waals surface area contributed by atoms with Crippen LogP contribution in [0, 0.1) is 0 Å². The van der Waals surface area contributed by atoms with E-state index in [2.05, 4.69) is 5.32 Å². The number of rotatable bonds is 7. The van der Waals surface area contributed by atoms with E-state index in [1.54, 1.807) is 31.2 Å². The highest BCUT2D eigenvalue weighted by molar-refractivity contribution is 5.78. The number of nitrogens with one attached hydrogen (secondary N) is 1. The molecule has 2 aromatic rings. The molecule has 3 N–H and O–H groups in total. The Morgan fingerprint density at radius 1 is 1.12 bits per heavy atom. The second-order valence-electron chi connectivity index (χ2n) is 5.56. The lowest BCUT2D eigenvalue weighted by Crippen LogP contribution is -2.30. The Morgan fingerprint density at radius 2 is 1.72 bits per heavy atom. The predicted octanol–water partition coefficient (Wildman–Crippen LogP) is 3.61. The largest absolute Gasteiger partial charge is 0.481 e. The molecule has 0 aliphatic heterocycles. The normalized spacial score (nSPS) is 12.5. The maximum absolute atomic E-state index is 12.5. The van der Waals surface area contributed by atoms with Crippen LogP contribution in [0.25, 0.3) is 0 Å². The first-order valence-electron chi connectivity index (χ1n) is 7.72. The maximum Gasteiger partial charge on any atom is 0.416 e. The lowest BCUT2D eigenvalue weighted by atomic mass is 10.1. The van der Waals surface area contributed by atoms with Gasteiger partial charge >= 0.3 is 6.18 Å². The van der Waals surface area contributed by atoms with Crippen LogP contribution in [0.15, 0.2) is 48.5 Å². The first-order chi connectivity index (χ1) is 11.8. The fourth-order valence-corrected chi connectivity index (χ4v) is 2.13. The standard InChI is InChI=1S/C18H19F3N2O2/c1-12(17(22)24)25-16-8-6-15(7-9-16)23-11-10-13-2-4-14(5-3-13)18(19,20)21/h2-9,12,23H,10-11H2,1H3,(H2,22,24). The molecule has 0 aromatic heterocycles. The van der Waals surface area contributed by atoms with E-state index in [0.29, 0.717) is 18.7 Å². The molecular formula is C18H19F3N2O2. The minimum atomic E-state index is -4.31. The Hall–Kier alpha value is -2.70. The van der Waals surface area contributed by atoms with Gasteiger partial charge in [0.05, 0.1) is 5.56 Å². The molecule has 0 heterocycles. The molecule has 0 saturated heterocycles. The van der Waals surface area contributed by atoms with E-state index < -0.39 is 23.8 Å². The van der Waals surface area contributed by atoms with Crippen molar-refractivity contribution < 1.29 is 22.7 Å². The molecule has 1 unspecified atom stereocenters. The van der Waals surface area contributed by atoms with Crippen LogP contribution in [0.4, 0.5) is 18.9 Å². The molecule has 25 heavy (non-hydrogen) atoms. The van der Waals surface area contributed by atoms with Gasteiger partial charge in [0.1, 0.15) is 5.75 Å². The highest BCUT2D eigenvalue weighted by atomic mass is 19.4. The highest BCUT2D eigenvalue weighted by Gasteiger charge is 2.29. The summed E-state index contributed by atoms with van der Waals surface area (Å²) in [7, 11) is 0. The van der Waals surface area contributed by atoms with Crippen LogP contribution in [0.3, 0.4) is 0 Å². The summed E-state index contributed by atoms with van der Waals surface area (Å²) in [6, 6.07) is 12.1. The summed E-state index contributed by atoms with van der Waals surface area (Å²) in [5.74, 6) is -0.0154. The number of primary amides is 1. The number of hydrogen-bond donors (Lipinski definition) is 2. The molecule has 1 amide bonds. The van der Waals surface area contributed by atoms with E-state index in [0.717, 1.165) is 23.4 Å². The zero-order valence-electron chi connectivity index (χ0n) is 13.6. The number of ether oxygens (including phenoxy) is 1. The third-order valence-corrected chi connectivity index (χ3v) is 3.59. The molecule has 4 nitrogen and oxygen atoms in total. The van der Waals surface area contributed by atoms with Gasteiger partial charge in [-0.25, -0.2) is 0 Å². The van der Waals surface area contributed by atoms with Gasteiger partial charge in [-0.05, 0) is 55.3 Å². The summed E-state index contributed by atoms with van der Waals surface area (Å²) in [4.78, 5) is 10.9. The zero-order chi connectivity index (χ0) is 18.4. The monoisotopic (exact) mass is 352 g/mol. The lowest BCUT2D eigenvalue weighted by molar-refractivity contribution is -0.137. The summed E-state index contributed by atoms with van der Waals surface area (Å²) in [5, 5.41) is 3.17. The lowest BCUT2D eigenvalue weighted by Gasteiger charge is -2.12. The second kappa shape index (κ2) is 7.92. The topological polar surface area (TPSA) is 64.3 Å². The fraction of sp³-hybridized carbons (Fsp3) is 0.278. The predicted molar refractivity (Wildman–Crippen MR) is 89.4 cm³/mol. The van der Waals surface area contributed by atoms with E-state index in [9.17, 15) is 18.0 Å². The van der Waals surface area contributed by atoms with Crippen molar-refractivity contribution in [1.82, 2.24) is 0 Å². The van der Waals surface area contributed by atoms with E-state index >= 15 is 0 Å². The first kappa shape index (κ1) is 18.6. The molecule has 134 valence electrons. The van der Waals surface area contributed by atoms with Crippen molar-refractivity contribution in [2.45, 2.75) is 25.6 Å². The highest BCUT2D eigenvalue weighted by Crippen LogP contribution is 2.29. The van der Waals surface area contributed by atoms with Gasteiger partial charge in [-0.15, -0.1) is 0 Å². The Bertz CT molecular complexity index is 698. The molecular weight excluding hydrogens is 333 g/mol. The van der Waals surface area contributed by atoms with Crippen LogP contribution in [-0.4, -0.2) is 18.6 Å². The van der Waals surface area contributed by atoms with E-state index in [1.807, 2.05) is 0 Å². The minimum Gasteiger partial charge on any atom is -0.481 e. The summed E-state index contributed by atoms with van der Waals surface area (Å²) in [6.45, 7) is 2.14. The number of halogens is 3. The molecule has 0 aliphatic rings. The van der Waals surface area contributed by atoms with Crippen molar-refractivity contribution in [3.63, 3.8) is 0 Å². The molecule has 0 saturated carbocycles. The Morgan fingerprint density at radius 3 is 2.24 bits per heavy atom. The smallest absolute Gasteiger partial charge is 0.416 e. The summed E-state index contributed by atoms with van der Waals surface area (Å²) >= 11 is 0. The van der Waals surface area contributed by atoms with Crippen LogP contribution in [0.2, 0.25) is 0 Å². The number of carbonyl (C=O) groups excluding carboxylic acids is 1. The maximum atomic E-state index is 12.5. The molecule has 0 radical (unpaired) electrons. The van der Waals surface area contributed by atoms with Gasteiger partial charge in [0.15, 0.2) is 6.10 Å². The van der Waals surface area contributed by atoms with Gasteiger partial charge in [0.25, 0.3) is 5.91 Å². The molecule has 0 bridgehead atoms. The minimum absolute atomic E-state index is 0.527. The molecule has 2 rings (SSSR count). The van der Waals surface area contributed by atoms with Crippen molar-refractivity contribution in [3.05, 3.63) is 59.7 Å². The summed E-state index contributed by atoms with van der Waals surface area (Å²) in [5.41, 5.74) is 6.14. The first-order valence-corrected chi connectivity index (χ1v) is 7.72. The summed E-state index contributed by atoms with van der Waals surface area (Å²) < 4.78 is 42.9. The van der Waals surface area contributed by atoms with Crippen molar-refractivity contribution in [2.24, 2.45) is 5.73 Å². The van der Waals surface area contributed by atoms with E-state index in [4.69, 9.17) is 10.5 Å². The van der Waals surface area contributed by atoms with Gasteiger partial charge in [-0.3, -0.25) is 4.79 Å². The molecule has 1 atom stereocenters. The van der Waals surface area contributed by atoms with Crippen molar-refractivity contribution in [1.29, 1.82) is 0 Å². The number of anilines is 1.